The monoisotopic (exact) mass is 455 g/mol. The number of rotatable bonds is 8. The van der Waals surface area contributed by atoms with E-state index in [0.717, 1.165) is 12.1 Å². The van der Waals surface area contributed by atoms with E-state index in [1.807, 2.05) is 7.05 Å². The van der Waals surface area contributed by atoms with E-state index in [1.54, 1.807) is 35.3 Å². The molecule has 1 amide bonds. The highest BCUT2D eigenvalue weighted by Crippen LogP contribution is 2.32. The van der Waals surface area contributed by atoms with Gasteiger partial charge < -0.3 is 25.4 Å². The van der Waals surface area contributed by atoms with Crippen molar-refractivity contribution in [3.63, 3.8) is 0 Å². The lowest BCUT2D eigenvalue weighted by Gasteiger charge is -2.17. The summed E-state index contributed by atoms with van der Waals surface area (Å²) in [5.74, 6) is 0.935. The second-order valence-electron chi connectivity index (χ2n) is 7.05. The van der Waals surface area contributed by atoms with Gasteiger partial charge in [0.1, 0.15) is 16.9 Å². The number of ether oxygens (including phenoxy) is 2. The predicted molar refractivity (Wildman–Crippen MR) is 122 cm³/mol. The predicted octanol–water partition coefficient (Wildman–Crippen LogP) is 3.64. The molecule has 3 N–H and O–H groups in total. The van der Waals surface area contributed by atoms with Crippen LogP contribution in [0, 0.1) is 0 Å². The largest absolute Gasteiger partial charge is 0.486 e. The molecule has 1 aliphatic rings. The number of aryl methyl sites for hydroxylation is 1. The zero-order valence-electron chi connectivity index (χ0n) is 17.3. The highest BCUT2D eigenvalue weighted by Gasteiger charge is 2.19. The van der Waals surface area contributed by atoms with E-state index in [9.17, 15) is 4.79 Å². The van der Waals surface area contributed by atoms with Crippen molar-refractivity contribution in [3.05, 3.63) is 54.5 Å². The Balaban J connectivity index is 1.56. The molecule has 32 heavy (non-hydrogen) atoms. The fourth-order valence-electron chi connectivity index (χ4n) is 3.04. The van der Waals surface area contributed by atoms with Crippen LogP contribution >= 0.6 is 11.6 Å². The maximum atomic E-state index is 11.9. The van der Waals surface area contributed by atoms with Gasteiger partial charge in [0, 0.05) is 25.4 Å². The molecule has 4 rings (SSSR count). The summed E-state index contributed by atoms with van der Waals surface area (Å²) >= 11 is 6.29. The normalized spacial score (nSPS) is 15.2. The molecule has 0 bridgehead atoms. The fraction of sp³-hybridized carbons (Fsp3) is 0.238. The lowest BCUT2D eigenvalue weighted by molar-refractivity contribution is -0.111. The molecule has 1 unspecified atom stereocenters. The first kappa shape index (κ1) is 21.6. The summed E-state index contributed by atoms with van der Waals surface area (Å²) in [5.41, 5.74) is 1.88. The third kappa shape index (κ3) is 5.34. The quantitative estimate of drug-likeness (QED) is 0.441. The standard InChI is InChI=1S/C21H22ClN7O3/c1-3-19(30)27-17-8-13(4-5-18(17)32-15-6-7-31-12-15)25-20-16(22)10-23-21(28-20)26-14-9-24-29(2)11-14/h3-5,8-11,15H,1,6-7,12H2,2H3,(H,27,30)(H2,23,25,26,28). The first-order chi connectivity index (χ1) is 15.5. The molecule has 1 saturated heterocycles. The fourth-order valence-corrected chi connectivity index (χ4v) is 3.18. The van der Waals surface area contributed by atoms with Crippen LogP contribution in [0.5, 0.6) is 5.75 Å². The average molecular weight is 456 g/mol. The number of hydrogen-bond acceptors (Lipinski definition) is 8. The van der Waals surface area contributed by atoms with Crippen LogP contribution in [0.4, 0.5) is 28.8 Å². The summed E-state index contributed by atoms with van der Waals surface area (Å²) in [5, 5.41) is 13.4. The zero-order valence-corrected chi connectivity index (χ0v) is 18.1. The van der Waals surface area contributed by atoms with E-state index in [4.69, 9.17) is 21.1 Å². The molecule has 1 atom stereocenters. The minimum absolute atomic E-state index is 0.0642. The van der Waals surface area contributed by atoms with E-state index in [0.29, 0.717) is 47.1 Å². The number of anilines is 5. The number of benzene rings is 1. The van der Waals surface area contributed by atoms with E-state index < -0.39 is 0 Å². The Morgan fingerprint density at radius 3 is 2.94 bits per heavy atom. The SMILES string of the molecule is C=CC(=O)Nc1cc(Nc2nc(Nc3cnn(C)c3)ncc2Cl)ccc1OC1CCOC1. The summed E-state index contributed by atoms with van der Waals surface area (Å²) < 4.78 is 13.0. The zero-order chi connectivity index (χ0) is 22.5. The van der Waals surface area contributed by atoms with Gasteiger partial charge in [0.2, 0.25) is 11.9 Å². The molecule has 1 fully saturated rings. The Morgan fingerprint density at radius 1 is 1.34 bits per heavy atom. The van der Waals surface area contributed by atoms with E-state index in [1.165, 1.54) is 12.3 Å². The smallest absolute Gasteiger partial charge is 0.247 e. The van der Waals surface area contributed by atoms with Gasteiger partial charge in [0.25, 0.3) is 0 Å². The Hall–Kier alpha value is -3.63. The van der Waals surface area contributed by atoms with E-state index in [2.05, 4.69) is 37.6 Å². The maximum absolute atomic E-state index is 11.9. The van der Waals surface area contributed by atoms with E-state index >= 15 is 0 Å². The van der Waals surface area contributed by atoms with Crippen molar-refractivity contribution < 1.29 is 14.3 Å². The van der Waals surface area contributed by atoms with Crippen molar-refractivity contribution >= 4 is 46.3 Å². The highest BCUT2D eigenvalue weighted by atomic mass is 35.5. The molecule has 1 aromatic carbocycles. The molecule has 0 spiro atoms. The van der Waals surface area contributed by atoms with Crippen molar-refractivity contribution in [2.24, 2.45) is 7.05 Å². The van der Waals surface area contributed by atoms with Crippen molar-refractivity contribution in [1.82, 2.24) is 19.7 Å². The number of halogens is 1. The third-order valence-corrected chi connectivity index (χ3v) is 4.85. The third-order valence-electron chi connectivity index (χ3n) is 4.57. The molecule has 10 nitrogen and oxygen atoms in total. The minimum atomic E-state index is -0.349. The molecular formula is C21H22ClN7O3. The van der Waals surface area contributed by atoms with Crippen molar-refractivity contribution in [2.45, 2.75) is 12.5 Å². The molecule has 11 heteroatoms. The van der Waals surface area contributed by atoms with Crippen molar-refractivity contribution in [3.8, 4) is 5.75 Å². The number of nitrogens with zero attached hydrogens (tertiary/aromatic N) is 4. The Labute approximate surface area is 189 Å². The van der Waals surface area contributed by atoms with Crippen LogP contribution in [0.25, 0.3) is 0 Å². The van der Waals surface area contributed by atoms with Crippen molar-refractivity contribution in [2.75, 3.05) is 29.2 Å². The van der Waals surface area contributed by atoms with Gasteiger partial charge in [-0.25, -0.2) is 4.98 Å². The summed E-state index contributed by atoms with van der Waals surface area (Å²) in [6, 6.07) is 5.31. The second-order valence-corrected chi connectivity index (χ2v) is 7.46. The van der Waals surface area contributed by atoms with Gasteiger partial charge in [0.05, 0.1) is 37.0 Å². The van der Waals surface area contributed by atoms with Crippen molar-refractivity contribution in [1.29, 1.82) is 0 Å². The molecule has 0 aliphatic carbocycles. The Kier molecular flexibility index (Phi) is 6.52. The molecule has 0 radical (unpaired) electrons. The van der Waals surface area contributed by atoms with Crippen LogP contribution in [0.3, 0.4) is 0 Å². The molecular weight excluding hydrogens is 434 g/mol. The number of aromatic nitrogens is 4. The average Bonchev–Trinajstić information content (AvgIpc) is 3.44. The molecule has 0 saturated carbocycles. The van der Waals surface area contributed by atoms with Gasteiger partial charge in [-0.15, -0.1) is 0 Å². The molecule has 3 aromatic rings. The first-order valence-electron chi connectivity index (χ1n) is 9.87. The van der Waals surface area contributed by atoms with Crippen LogP contribution in [0.15, 0.2) is 49.4 Å². The Morgan fingerprint density at radius 2 is 2.22 bits per heavy atom. The summed E-state index contributed by atoms with van der Waals surface area (Å²) in [6.45, 7) is 4.67. The van der Waals surface area contributed by atoms with Gasteiger partial charge in [-0.3, -0.25) is 9.48 Å². The molecule has 166 valence electrons. The Bertz CT molecular complexity index is 1130. The number of carbonyl (C=O) groups is 1. The van der Waals surface area contributed by atoms with Crippen LogP contribution in [-0.4, -0.2) is 45.0 Å². The highest BCUT2D eigenvalue weighted by molar-refractivity contribution is 6.32. The van der Waals surface area contributed by atoms with Gasteiger partial charge in [-0.2, -0.15) is 10.1 Å². The first-order valence-corrected chi connectivity index (χ1v) is 10.2. The molecule has 2 aromatic heterocycles. The van der Waals surface area contributed by atoms with Crippen LogP contribution in [0.1, 0.15) is 6.42 Å². The van der Waals surface area contributed by atoms with Crippen LogP contribution in [-0.2, 0) is 16.6 Å². The number of carbonyl (C=O) groups excluding carboxylic acids is 1. The van der Waals surface area contributed by atoms with Crippen LogP contribution < -0.4 is 20.7 Å². The summed E-state index contributed by atoms with van der Waals surface area (Å²) in [6.07, 6.45) is 6.87. The van der Waals surface area contributed by atoms with Gasteiger partial charge in [-0.1, -0.05) is 18.2 Å². The van der Waals surface area contributed by atoms with E-state index in [-0.39, 0.29) is 12.0 Å². The number of amides is 1. The second kappa shape index (κ2) is 9.67. The summed E-state index contributed by atoms with van der Waals surface area (Å²) in [4.78, 5) is 20.6. The van der Waals surface area contributed by atoms with Gasteiger partial charge in [-0.05, 0) is 24.3 Å². The lowest BCUT2D eigenvalue weighted by Crippen LogP contribution is -2.17. The van der Waals surface area contributed by atoms with Crippen LogP contribution in [0.2, 0.25) is 5.02 Å². The minimum Gasteiger partial charge on any atom is -0.486 e. The van der Waals surface area contributed by atoms with Gasteiger partial charge >= 0.3 is 0 Å². The number of hydrogen-bond donors (Lipinski definition) is 3. The maximum Gasteiger partial charge on any atom is 0.247 e. The molecule has 3 heterocycles. The van der Waals surface area contributed by atoms with Gasteiger partial charge in [0.15, 0.2) is 5.82 Å². The lowest BCUT2D eigenvalue weighted by atomic mass is 10.2. The summed E-state index contributed by atoms with van der Waals surface area (Å²) in [7, 11) is 1.82. The number of nitrogens with one attached hydrogen (secondary N) is 3. The topological polar surface area (TPSA) is 115 Å². The molecule has 1 aliphatic heterocycles.